The van der Waals surface area contributed by atoms with Gasteiger partial charge in [0.1, 0.15) is 11.8 Å². The lowest BCUT2D eigenvalue weighted by Crippen LogP contribution is -2.45. The zero-order valence-electron chi connectivity index (χ0n) is 14.3. The predicted octanol–water partition coefficient (Wildman–Crippen LogP) is 3.02. The second-order valence-electron chi connectivity index (χ2n) is 6.48. The van der Waals surface area contributed by atoms with Crippen LogP contribution >= 0.6 is 0 Å². The summed E-state index contributed by atoms with van der Waals surface area (Å²) in [5, 5.41) is 13.7. The Morgan fingerprint density at radius 2 is 2.04 bits per heavy atom. The van der Waals surface area contributed by atoms with E-state index in [9.17, 15) is 0 Å². The van der Waals surface area contributed by atoms with Crippen molar-refractivity contribution < 1.29 is 4.74 Å². The number of ether oxygens (including phenoxy) is 1. The minimum absolute atomic E-state index is 0.309. The Bertz CT molecular complexity index is 730. The Labute approximate surface area is 143 Å². The SMILES string of the molecule is CC1CN(CCCNc2cc(C#N)nc3ccccc23)CC(C)O1. The Kier molecular flexibility index (Phi) is 5.29. The molecule has 5 nitrogen and oxygen atoms in total. The van der Waals surface area contributed by atoms with E-state index >= 15 is 0 Å². The predicted molar refractivity (Wildman–Crippen MR) is 96.0 cm³/mol. The second-order valence-corrected chi connectivity index (χ2v) is 6.48. The zero-order valence-corrected chi connectivity index (χ0v) is 14.3. The molecule has 2 atom stereocenters. The van der Waals surface area contributed by atoms with Crippen molar-refractivity contribution in [2.45, 2.75) is 32.5 Å². The normalized spacial score (nSPS) is 21.5. The number of anilines is 1. The molecule has 1 aromatic heterocycles. The van der Waals surface area contributed by atoms with E-state index in [1.807, 2.05) is 30.3 Å². The summed E-state index contributed by atoms with van der Waals surface area (Å²) in [6.45, 7) is 8.20. The van der Waals surface area contributed by atoms with E-state index < -0.39 is 0 Å². The molecule has 1 aliphatic heterocycles. The smallest absolute Gasteiger partial charge is 0.143 e. The minimum Gasteiger partial charge on any atom is -0.384 e. The van der Waals surface area contributed by atoms with Crippen molar-refractivity contribution in [3.05, 3.63) is 36.0 Å². The van der Waals surface area contributed by atoms with E-state index in [1.165, 1.54) is 0 Å². The number of para-hydroxylation sites is 1. The third-order valence-corrected chi connectivity index (χ3v) is 4.29. The van der Waals surface area contributed by atoms with Gasteiger partial charge in [-0.25, -0.2) is 4.98 Å². The van der Waals surface area contributed by atoms with Gasteiger partial charge in [0, 0.05) is 37.3 Å². The third kappa shape index (κ3) is 4.02. The molecule has 1 aliphatic rings. The number of rotatable bonds is 5. The number of aromatic nitrogens is 1. The summed E-state index contributed by atoms with van der Waals surface area (Å²) >= 11 is 0. The van der Waals surface area contributed by atoms with E-state index in [0.717, 1.165) is 49.2 Å². The van der Waals surface area contributed by atoms with Crippen LogP contribution in [0.5, 0.6) is 0 Å². The zero-order chi connectivity index (χ0) is 16.9. The number of morpholine rings is 1. The van der Waals surface area contributed by atoms with Gasteiger partial charge in [0.05, 0.1) is 17.7 Å². The molecule has 0 amide bonds. The molecule has 2 aromatic rings. The van der Waals surface area contributed by atoms with Crippen LogP contribution in [0, 0.1) is 11.3 Å². The highest BCUT2D eigenvalue weighted by molar-refractivity contribution is 5.91. The standard InChI is InChI=1S/C19H24N4O/c1-14-12-23(13-15(2)24-14)9-5-8-21-19-10-16(11-20)22-18-7-4-3-6-17(18)19/h3-4,6-7,10,14-15H,5,8-9,12-13H2,1-2H3,(H,21,22). The summed E-state index contributed by atoms with van der Waals surface area (Å²) in [5.41, 5.74) is 2.29. The van der Waals surface area contributed by atoms with E-state index in [4.69, 9.17) is 10.00 Å². The fourth-order valence-electron chi connectivity index (χ4n) is 3.37. The summed E-state index contributed by atoms with van der Waals surface area (Å²) in [4.78, 5) is 6.81. The van der Waals surface area contributed by atoms with Crippen LogP contribution < -0.4 is 5.32 Å². The molecule has 126 valence electrons. The van der Waals surface area contributed by atoms with Crippen molar-refractivity contribution in [1.82, 2.24) is 9.88 Å². The van der Waals surface area contributed by atoms with Crippen LogP contribution in [-0.2, 0) is 4.74 Å². The topological polar surface area (TPSA) is 61.2 Å². The first-order chi connectivity index (χ1) is 11.7. The van der Waals surface area contributed by atoms with Gasteiger partial charge < -0.3 is 10.1 Å². The molecular formula is C19H24N4O. The monoisotopic (exact) mass is 324 g/mol. The molecule has 1 saturated heterocycles. The lowest BCUT2D eigenvalue weighted by Gasteiger charge is -2.35. The van der Waals surface area contributed by atoms with E-state index in [2.05, 4.69) is 35.1 Å². The average Bonchev–Trinajstić information content (AvgIpc) is 2.57. The molecule has 0 spiro atoms. The lowest BCUT2D eigenvalue weighted by molar-refractivity contribution is -0.0678. The van der Waals surface area contributed by atoms with E-state index in [0.29, 0.717) is 17.9 Å². The Morgan fingerprint density at radius 3 is 2.79 bits per heavy atom. The van der Waals surface area contributed by atoms with Gasteiger partial charge in [-0.2, -0.15) is 5.26 Å². The van der Waals surface area contributed by atoms with E-state index in [1.54, 1.807) is 0 Å². The quantitative estimate of drug-likeness (QED) is 0.857. The third-order valence-electron chi connectivity index (χ3n) is 4.29. The summed E-state index contributed by atoms with van der Waals surface area (Å²) in [6, 6.07) is 11.9. The van der Waals surface area contributed by atoms with Crippen molar-refractivity contribution in [3.63, 3.8) is 0 Å². The summed E-state index contributed by atoms with van der Waals surface area (Å²) in [5.74, 6) is 0. The van der Waals surface area contributed by atoms with Crippen molar-refractivity contribution in [3.8, 4) is 6.07 Å². The Hall–Kier alpha value is -2.16. The lowest BCUT2D eigenvalue weighted by atomic mass is 10.1. The largest absolute Gasteiger partial charge is 0.384 e. The number of fused-ring (bicyclic) bond motifs is 1. The fraction of sp³-hybridized carbons (Fsp3) is 0.474. The van der Waals surface area contributed by atoms with Gasteiger partial charge in [-0.1, -0.05) is 18.2 Å². The van der Waals surface area contributed by atoms with Gasteiger partial charge >= 0.3 is 0 Å². The van der Waals surface area contributed by atoms with Crippen LogP contribution in [0.15, 0.2) is 30.3 Å². The maximum absolute atomic E-state index is 9.15. The molecule has 5 heteroatoms. The summed E-state index contributed by atoms with van der Waals surface area (Å²) in [6.07, 6.45) is 1.67. The minimum atomic E-state index is 0.309. The van der Waals surface area contributed by atoms with Gasteiger partial charge in [0.2, 0.25) is 0 Å². The number of nitriles is 1. The van der Waals surface area contributed by atoms with Gasteiger partial charge in [-0.15, -0.1) is 0 Å². The molecule has 2 unspecified atom stereocenters. The first-order valence-electron chi connectivity index (χ1n) is 8.57. The number of nitrogens with zero attached hydrogens (tertiary/aromatic N) is 3. The van der Waals surface area contributed by atoms with Crippen LogP contribution in [-0.4, -0.2) is 48.3 Å². The molecule has 1 aromatic carbocycles. The first kappa shape index (κ1) is 16.7. The Morgan fingerprint density at radius 1 is 1.29 bits per heavy atom. The van der Waals surface area contributed by atoms with Crippen molar-refractivity contribution in [2.75, 3.05) is 31.5 Å². The Balaban J connectivity index is 1.59. The number of benzene rings is 1. The first-order valence-corrected chi connectivity index (χ1v) is 8.57. The van der Waals surface area contributed by atoms with Crippen LogP contribution in [0.1, 0.15) is 26.0 Å². The van der Waals surface area contributed by atoms with Crippen LogP contribution in [0.2, 0.25) is 0 Å². The number of hydrogen-bond donors (Lipinski definition) is 1. The second kappa shape index (κ2) is 7.61. The van der Waals surface area contributed by atoms with E-state index in [-0.39, 0.29) is 0 Å². The average molecular weight is 324 g/mol. The fourth-order valence-corrected chi connectivity index (χ4v) is 3.37. The molecule has 1 fully saturated rings. The maximum Gasteiger partial charge on any atom is 0.143 e. The van der Waals surface area contributed by atoms with Gasteiger partial charge in [-0.05, 0) is 32.4 Å². The molecule has 0 bridgehead atoms. The van der Waals surface area contributed by atoms with Crippen LogP contribution in [0.4, 0.5) is 5.69 Å². The molecular weight excluding hydrogens is 300 g/mol. The van der Waals surface area contributed by atoms with Crippen molar-refractivity contribution in [2.24, 2.45) is 0 Å². The number of pyridine rings is 1. The summed E-state index contributed by atoms with van der Waals surface area (Å²) in [7, 11) is 0. The molecule has 3 rings (SSSR count). The van der Waals surface area contributed by atoms with Crippen molar-refractivity contribution in [1.29, 1.82) is 5.26 Å². The molecule has 1 N–H and O–H groups in total. The highest BCUT2D eigenvalue weighted by atomic mass is 16.5. The molecule has 0 saturated carbocycles. The highest BCUT2D eigenvalue weighted by Crippen LogP contribution is 2.23. The van der Waals surface area contributed by atoms with Gasteiger partial charge in [0.15, 0.2) is 0 Å². The summed E-state index contributed by atoms with van der Waals surface area (Å²) < 4.78 is 5.77. The number of nitrogens with one attached hydrogen (secondary N) is 1. The maximum atomic E-state index is 9.15. The number of hydrogen-bond acceptors (Lipinski definition) is 5. The molecule has 24 heavy (non-hydrogen) atoms. The molecule has 2 heterocycles. The van der Waals surface area contributed by atoms with Crippen LogP contribution in [0.3, 0.4) is 0 Å². The van der Waals surface area contributed by atoms with Crippen molar-refractivity contribution >= 4 is 16.6 Å². The van der Waals surface area contributed by atoms with Crippen LogP contribution in [0.25, 0.3) is 10.9 Å². The molecule has 0 radical (unpaired) electrons. The molecule has 0 aliphatic carbocycles. The van der Waals surface area contributed by atoms with Gasteiger partial charge in [0.25, 0.3) is 0 Å². The van der Waals surface area contributed by atoms with Gasteiger partial charge in [-0.3, -0.25) is 4.90 Å². The highest BCUT2D eigenvalue weighted by Gasteiger charge is 2.21.